The Morgan fingerprint density at radius 3 is 2.89 bits per heavy atom. The predicted molar refractivity (Wildman–Crippen MR) is 74.6 cm³/mol. The van der Waals surface area contributed by atoms with Gasteiger partial charge in [-0.05, 0) is 28.8 Å². The number of amides is 1. The highest BCUT2D eigenvalue weighted by Gasteiger charge is 2.23. The van der Waals surface area contributed by atoms with Crippen LogP contribution in [0.4, 0.5) is 0 Å². The highest BCUT2D eigenvalue weighted by atomic mass is 32.1. The van der Waals surface area contributed by atoms with Gasteiger partial charge in [0.1, 0.15) is 0 Å². The fourth-order valence-corrected chi connectivity index (χ4v) is 3.23. The van der Waals surface area contributed by atoms with Crippen molar-refractivity contribution in [1.82, 2.24) is 9.80 Å². The maximum atomic E-state index is 11.4. The second-order valence-electron chi connectivity index (χ2n) is 4.70. The third-order valence-corrected chi connectivity index (χ3v) is 4.27. The van der Waals surface area contributed by atoms with Crippen LogP contribution in [0.15, 0.2) is 16.8 Å². The number of thiophene rings is 1. The van der Waals surface area contributed by atoms with Crippen LogP contribution < -0.4 is 5.73 Å². The molecule has 0 bridgehead atoms. The molecule has 1 aliphatic rings. The lowest BCUT2D eigenvalue weighted by Crippen LogP contribution is -2.37. The number of hydrogen-bond donors (Lipinski definition) is 1. The lowest BCUT2D eigenvalue weighted by Gasteiger charge is -2.29. The summed E-state index contributed by atoms with van der Waals surface area (Å²) in [4.78, 5) is 15.8. The predicted octanol–water partition coefficient (Wildman–Crippen LogP) is 1.30. The molecule has 2 N–H and O–H groups in total. The Balaban J connectivity index is 2.02. The summed E-state index contributed by atoms with van der Waals surface area (Å²) < 4.78 is 0. The van der Waals surface area contributed by atoms with E-state index in [0.29, 0.717) is 12.6 Å². The van der Waals surface area contributed by atoms with E-state index >= 15 is 0 Å². The summed E-state index contributed by atoms with van der Waals surface area (Å²) in [5.41, 5.74) is 7.23. The highest BCUT2D eigenvalue weighted by Crippen LogP contribution is 2.23. The Morgan fingerprint density at radius 2 is 2.28 bits per heavy atom. The second kappa shape index (κ2) is 6.31. The van der Waals surface area contributed by atoms with E-state index in [1.54, 1.807) is 18.3 Å². The van der Waals surface area contributed by atoms with Crippen molar-refractivity contribution >= 4 is 17.2 Å². The number of nitrogens with two attached hydrogens (primary N) is 1. The molecule has 0 saturated carbocycles. The number of carbonyl (C=O) groups excluding carboxylic acids is 1. The van der Waals surface area contributed by atoms with Crippen LogP contribution >= 0.6 is 11.3 Å². The maximum absolute atomic E-state index is 11.4. The standard InChI is InChI=1S/C13H21N3OS/c1-11(17)15-4-2-5-16(7-6-15)13(9-14)12-3-8-18-10-12/h3,8,10,13H,2,4-7,9,14H2,1H3. The van der Waals surface area contributed by atoms with E-state index < -0.39 is 0 Å². The van der Waals surface area contributed by atoms with E-state index in [4.69, 9.17) is 5.73 Å². The molecule has 100 valence electrons. The van der Waals surface area contributed by atoms with Gasteiger partial charge in [-0.25, -0.2) is 0 Å². The highest BCUT2D eigenvalue weighted by molar-refractivity contribution is 7.07. The smallest absolute Gasteiger partial charge is 0.219 e. The molecule has 1 aromatic heterocycles. The molecule has 0 spiro atoms. The van der Waals surface area contributed by atoms with Crippen LogP contribution in [0.2, 0.25) is 0 Å². The quantitative estimate of drug-likeness (QED) is 0.898. The Hall–Kier alpha value is -0.910. The fourth-order valence-electron chi connectivity index (χ4n) is 2.52. The van der Waals surface area contributed by atoms with Crippen molar-refractivity contribution in [3.8, 4) is 0 Å². The van der Waals surface area contributed by atoms with E-state index in [9.17, 15) is 4.79 Å². The first kappa shape index (κ1) is 13.5. The third-order valence-electron chi connectivity index (χ3n) is 3.57. The van der Waals surface area contributed by atoms with Gasteiger partial charge in [0, 0.05) is 45.7 Å². The summed E-state index contributed by atoms with van der Waals surface area (Å²) in [6.07, 6.45) is 1.03. The molecule has 1 aromatic rings. The van der Waals surface area contributed by atoms with Gasteiger partial charge in [-0.2, -0.15) is 11.3 Å². The normalized spacial score (nSPS) is 19.6. The molecule has 0 aromatic carbocycles. The fraction of sp³-hybridized carbons (Fsp3) is 0.615. The molecule has 1 amide bonds. The summed E-state index contributed by atoms with van der Waals surface area (Å²) in [6, 6.07) is 2.44. The van der Waals surface area contributed by atoms with Gasteiger partial charge >= 0.3 is 0 Å². The van der Waals surface area contributed by atoms with Crippen molar-refractivity contribution in [3.05, 3.63) is 22.4 Å². The average molecular weight is 267 g/mol. The average Bonchev–Trinajstić information content (AvgIpc) is 2.75. The molecule has 1 fully saturated rings. The molecule has 2 heterocycles. The number of rotatable bonds is 3. The third kappa shape index (κ3) is 3.10. The van der Waals surface area contributed by atoms with Crippen molar-refractivity contribution in [3.63, 3.8) is 0 Å². The molecule has 5 heteroatoms. The minimum Gasteiger partial charge on any atom is -0.342 e. The zero-order valence-corrected chi connectivity index (χ0v) is 11.7. The second-order valence-corrected chi connectivity index (χ2v) is 5.48. The first-order valence-corrected chi connectivity index (χ1v) is 7.38. The number of carbonyl (C=O) groups is 1. The van der Waals surface area contributed by atoms with E-state index in [0.717, 1.165) is 32.6 Å². The molecule has 1 aliphatic heterocycles. The monoisotopic (exact) mass is 267 g/mol. The van der Waals surface area contributed by atoms with Gasteiger partial charge in [-0.1, -0.05) is 0 Å². The van der Waals surface area contributed by atoms with Crippen LogP contribution in [-0.4, -0.2) is 48.4 Å². The molecule has 1 saturated heterocycles. The Labute approximate surface area is 112 Å². The van der Waals surface area contributed by atoms with Crippen LogP contribution in [0.1, 0.15) is 24.9 Å². The van der Waals surface area contributed by atoms with E-state index in [2.05, 4.69) is 21.7 Å². The number of hydrogen-bond acceptors (Lipinski definition) is 4. The molecular weight excluding hydrogens is 246 g/mol. The van der Waals surface area contributed by atoms with Crippen LogP contribution in [-0.2, 0) is 4.79 Å². The van der Waals surface area contributed by atoms with Crippen molar-refractivity contribution in [2.24, 2.45) is 5.73 Å². The molecule has 1 atom stereocenters. The van der Waals surface area contributed by atoms with Crippen LogP contribution in [0, 0.1) is 0 Å². The van der Waals surface area contributed by atoms with E-state index in [1.807, 2.05) is 4.90 Å². The van der Waals surface area contributed by atoms with Crippen molar-refractivity contribution < 1.29 is 4.79 Å². The lowest BCUT2D eigenvalue weighted by molar-refractivity contribution is -0.128. The van der Waals surface area contributed by atoms with Gasteiger partial charge in [0.25, 0.3) is 0 Å². The van der Waals surface area contributed by atoms with Crippen molar-refractivity contribution in [2.45, 2.75) is 19.4 Å². The maximum Gasteiger partial charge on any atom is 0.219 e. The van der Waals surface area contributed by atoms with Crippen molar-refractivity contribution in [1.29, 1.82) is 0 Å². The molecule has 2 rings (SSSR count). The lowest BCUT2D eigenvalue weighted by atomic mass is 10.1. The van der Waals surface area contributed by atoms with E-state index in [1.165, 1.54) is 5.56 Å². The van der Waals surface area contributed by atoms with Gasteiger partial charge in [-0.15, -0.1) is 0 Å². The minimum absolute atomic E-state index is 0.177. The molecule has 4 nitrogen and oxygen atoms in total. The molecule has 18 heavy (non-hydrogen) atoms. The summed E-state index contributed by atoms with van der Waals surface area (Å²) in [7, 11) is 0. The zero-order chi connectivity index (χ0) is 13.0. The Bertz CT molecular complexity index is 380. The molecular formula is C13H21N3OS. The van der Waals surface area contributed by atoms with Gasteiger partial charge in [0.2, 0.25) is 5.91 Å². The van der Waals surface area contributed by atoms with Crippen LogP contribution in [0.25, 0.3) is 0 Å². The first-order chi connectivity index (χ1) is 8.72. The van der Waals surface area contributed by atoms with Gasteiger partial charge < -0.3 is 10.6 Å². The number of nitrogens with zero attached hydrogens (tertiary/aromatic N) is 2. The van der Waals surface area contributed by atoms with Gasteiger partial charge in [-0.3, -0.25) is 9.69 Å². The summed E-state index contributed by atoms with van der Waals surface area (Å²) in [5, 5.41) is 4.27. The Kier molecular flexibility index (Phi) is 4.74. The summed E-state index contributed by atoms with van der Waals surface area (Å²) >= 11 is 1.71. The largest absolute Gasteiger partial charge is 0.342 e. The van der Waals surface area contributed by atoms with Gasteiger partial charge in [0.15, 0.2) is 0 Å². The summed E-state index contributed by atoms with van der Waals surface area (Å²) in [6.45, 7) is 5.90. The molecule has 0 radical (unpaired) electrons. The van der Waals surface area contributed by atoms with E-state index in [-0.39, 0.29) is 5.91 Å². The van der Waals surface area contributed by atoms with Crippen molar-refractivity contribution in [2.75, 3.05) is 32.7 Å². The minimum atomic E-state index is 0.177. The van der Waals surface area contributed by atoms with Gasteiger partial charge in [0.05, 0.1) is 0 Å². The first-order valence-electron chi connectivity index (χ1n) is 6.44. The Morgan fingerprint density at radius 1 is 1.44 bits per heavy atom. The SMILES string of the molecule is CC(=O)N1CCCN(C(CN)c2ccsc2)CC1. The topological polar surface area (TPSA) is 49.6 Å². The van der Waals surface area contributed by atoms with Crippen LogP contribution in [0.5, 0.6) is 0 Å². The molecule has 1 unspecified atom stereocenters. The molecule has 0 aliphatic carbocycles. The zero-order valence-electron chi connectivity index (χ0n) is 10.8. The summed E-state index contributed by atoms with van der Waals surface area (Å²) in [5.74, 6) is 0.177. The van der Waals surface area contributed by atoms with Crippen LogP contribution in [0.3, 0.4) is 0 Å².